The predicted molar refractivity (Wildman–Crippen MR) is 43.7 cm³/mol. The van der Waals surface area contributed by atoms with Gasteiger partial charge in [0, 0.05) is 12.4 Å². The third-order valence-electron chi connectivity index (χ3n) is 1.84. The number of hydrogen-bond donors (Lipinski definition) is 1. The van der Waals surface area contributed by atoms with Gasteiger partial charge in [0.2, 0.25) is 0 Å². The minimum Gasteiger partial charge on any atom is -0.362 e. The molecule has 0 aliphatic rings. The average Bonchev–Trinajstić information content (AvgIpc) is 2.64. The third kappa shape index (κ3) is 0.611. The van der Waals surface area contributed by atoms with Crippen molar-refractivity contribution in [1.82, 2.24) is 15.1 Å². The maximum Gasteiger partial charge on any atom is 0.255 e. The fourth-order valence-electron chi connectivity index (χ4n) is 1.26. The number of hydrogen-bond acceptors (Lipinski definition) is 3. The number of nitrogens with zero attached hydrogens (tertiary/aromatic N) is 2. The zero-order valence-electron chi connectivity index (χ0n) is 6.11. The zero-order valence-corrected chi connectivity index (χ0v) is 6.11. The first-order chi connectivity index (χ1) is 5.93. The van der Waals surface area contributed by atoms with E-state index in [1.807, 2.05) is 12.1 Å². The van der Waals surface area contributed by atoms with Gasteiger partial charge in [-0.15, -0.1) is 0 Å². The molecule has 0 saturated heterocycles. The van der Waals surface area contributed by atoms with Crippen LogP contribution in [0.2, 0.25) is 0 Å². The first-order valence-electron chi connectivity index (χ1n) is 3.61. The lowest BCUT2D eigenvalue weighted by molar-refractivity contribution is 0.449. The Hall–Kier alpha value is -1.84. The van der Waals surface area contributed by atoms with Gasteiger partial charge in [0.1, 0.15) is 0 Å². The van der Waals surface area contributed by atoms with E-state index in [0.29, 0.717) is 5.71 Å². The standard InChI is InChI=1S/C8H5N3O/c1-2-9-7-3-5-4-10-12-8(5)11-6(1)7/h1-4,10H. The number of H-pyrrole nitrogens is 1. The van der Waals surface area contributed by atoms with E-state index in [1.165, 1.54) is 0 Å². The van der Waals surface area contributed by atoms with Gasteiger partial charge in [0.05, 0.1) is 16.4 Å². The van der Waals surface area contributed by atoms with Gasteiger partial charge in [-0.05, 0) is 12.1 Å². The molecule has 12 heavy (non-hydrogen) atoms. The second-order valence-corrected chi connectivity index (χ2v) is 2.60. The summed E-state index contributed by atoms with van der Waals surface area (Å²) >= 11 is 0. The topological polar surface area (TPSA) is 54.7 Å². The second-order valence-electron chi connectivity index (χ2n) is 2.60. The van der Waals surface area contributed by atoms with Crippen LogP contribution in [-0.2, 0) is 0 Å². The van der Waals surface area contributed by atoms with Gasteiger partial charge >= 0.3 is 0 Å². The van der Waals surface area contributed by atoms with Crippen LogP contribution in [0.15, 0.2) is 29.0 Å². The van der Waals surface area contributed by atoms with Crippen LogP contribution in [0.5, 0.6) is 0 Å². The van der Waals surface area contributed by atoms with Gasteiger partial charge in [0.25, 0.3) is 5.71 Å². The molecule has 0 amide bonds. The van der Waals surface area contributed by atoms with Crippen LogP contribution in [0.1, 0.15) is 0 Å². The van der Waals surface area contributed by atoms with Crippen LogP contribution in [0.4, 0.5) is 0 Å². The summed E-state index contributed by atoms with van der Waals surface area (Å²) in [6, 6.07) is 3.80. The van der Waals surface area contributed by atoms with Crippen molar-refractivity contribution in [3.63, 3.8) is 0 Å². The summed E-state index contributed by atoms with van der Waals surface area (Å²) < 4.78 is 5.03. The van der Waals surface area contributed by atoms with E-state index in [-0.39, 0.29) is 0 Å². The average molecular weight is 159 g/mol. The Labute approximate surface area is 67.2 Å². The molecule has 0 aromatic carbocycles. The van der Waals surface area contributed by atoms with Crippen molar-refractivity contribution < 1.29 is 4.52 Å². The van der Waals surface area contributed by atoms with Crippen LogP contribution in [0.25, 0.3) is 22.1 Å². The highest BCUT2D eigenvalue weighted by Gasteiger charge is 2.02. The molecule has 3 heterocycles. The van der Waals surface area contributed by atoms with Crippen LogP contribution in [0, 0.1) is 0 Å². The Kier molecular flexibility index (Phi) is 0.889. The SMILES string of the molecule is c1cc2nc3o[nH]cc3cc2n1. The molecule has 0 aliphatic heterocycles. The van der Waals surface area contributed by atoms with E-state index in [1.54, 1.807) is 12.4 Å². The Balaban J connectivity index is 2.62. The maximum absolute atomic E-state index is 5.03. The van der Waals surface area contributed by atoms with Gasteiger partial charge in [0.15, 0.2) is 0 Å². The van der Waals surface area contributed by atoms with Gasteiger partial charge in [-0.25, -0.2) is 10.1 Å². The van der Waals surface area contributed by atoms with Crippen molar-refractivity contribution in [3.05, 3.63) is 24.5 Å². The lowest BCUT2D eigenvalue weighted by Gasteiger charge is -1.86. The van der Waals surface area contributed by atoms with Crippen LogP contribution < -0.4 is 0 Å². The van der Waals surface area contributed by atoms with Gasteiger partial charge in [-0.2, -0.15) is 0 Å². The first kappa shape index (κ1) is 5.77. The Morgan fingerprint density at radius 2 is 2.33 bits per heavy atom. The molecule has 0 aliphatic carbocycles. The lowest BCUT2D eigenvalue weighted by Crippen LogP contribution is -1.74. The minimum atomic E-state index is 0.621. The highest BCUT2D eigenvalue weighted by molar-refractivity contribution is 5.87. The second kappa shape index (κ2) is 1.85. The molecule has 3 aromatic heterocycles. The molecular formula is C8H5N3O. The molecule has 0 atom stereocenters. The largest absolute Gasteiger partial charge is 0.362 e. The molecule has 0 saturated carbocycles. The molecule has 0 bridgehead atoms. The molecule has 4 nitrogen and oxygen atoms in total. The summed E-state index contributed by atoms with van der Waals surface area (Å²) in [6.07, 6.45) is 3.50. The summed E-state index contributed by atoms with van der Waals surface area (Å²) in [7, 11) is 0. The van der Waals surface area contributed by atoms with Crippen LogP contribution in [-0.4, -0.2) is 15.1 Å². The first-order valence-corrected chi connectivity index (χ1v) is 3.61. The predicted octanol–water partition coefficient (Wildman–Crippen LogP) is 1.70. The molecule has 58 valence electrons. The highest BCUT2D eigenvalue weighted by Crippen LogP contribution is 2.17. The van der Waals surface area contributed by atoms with Crippen molar-refractivity contribution >= 4 is 22.1 Å². The summed E-state index contributed by atoms with van der Waals surface area (Å²) in [6.45, 7) is 0. The van der Waals surface area contributed by atoms with Crippen LogP contribution in [0.3, 0.4) is 0 Å². The van der Waals surface area contributed by atoms with E-state index in [4.69, 9.17) is 4.52 Å². The molecule has 1 N–H and O–H groups in total. The van der Waals surface area contributed by atoms with Crippen molar-refractivity contribution in [2.75, 3.05) is 0 Å². The van der Waals surface area contributed by atoms with Crippen molar-refractivity contribution in [2.45, 2.75) is 0 Å². The minimum absolute atomic E-state index is 0.621. The van der Waals surface area contributed by atoms with E-state index in [9.17, 15) is 0 Å². The number of aromatic amines is 1. The number of fused-ring (bicyclic) bond motifs is 2. The number of nitrogens with one attached hydrogen (secondary N) is 1. The molecule has 0 radical (unpaired) electrons. The van der Waals surface area contributed by atoms with Crippen molar-refractivity contribution in [1.29, 1.82) is 0 Å². The van der Waals surface area contributed by atoms with Gasteiger partial charge in [-0.1, -0.05) is 0 Å². The molecule has 0 spiro atoms. The summed E-state index contributed by atoms with van der Waals surface area (Å²) in [5.74, 6) is 0. The van der Waals surface area contributed by atoms with E-state index in [2.05, 4.69) is 15.1 Å². The number of rotatable bonds is 0. The number of aromatic nitrogens is 3. The monoisotopic (exact) mass is 159 g/mol. The zero-order chi connectivity index (χ0) is 7.97. The summed E-state index contributed by atoms with van der Waals surface area (Å²) in [5, 5.41) is 3.58. The van der Waals surface area contributed by atoms with E-state index < -0.39 is 0 Å². The normalized spacial score (nSPS) is 11.3. The molecular weight excluding hydrogens is 154 g/mol. The fourth-order valence-corrected chi connectivity index (χ4v) is 1.26. The molecule has 3 aromatic rings. The van der Waals surface area contributed by atoms with Gasteiger partial charge in [-0.3, -0.25) is 4.98 Å². The Morgan fingerprint density at radius 1 is 1.33 bits per heavy atom. The lowest BCUT2D eigenvalue weighted by atomic mass is 10.3. The Bertz CT molecular complexity index is 446. The smallest absolute Gasteiger partial charge is 0.255 e. The van der Waals surface area contributed by atoms with Gasteiger partial charge < -0.3 is 4.52 Å². The fraction of sp³-hybridized carbons (Fsp3) is 0. The molecule has 0 unspecified atom stereocenters. The summed E-state index contributed by atoms with van der Waals surface area (Å²) in [4.78, 5) is 8.37. The summed E-state index contributed by atoms with van der Waals surface area (Å²) in [5.41, 5.74) is 2.39. The molecule has 4 heteroatoms. The molecule has 3 rings (SSSR count). The quantitative estimate of drug-likeness (QED) is 0.543. The number of pyridine rings is 1. The van der Waals surface area contributed by atoms with E-state index >= 15 is 0 Å². The maximum atomic E-state index is 5.03. The van der Waals surface area contributed by atoms with Crippen molar-refractivity contribution in [2.24, 2.45) is 0 Å². The van der Waals surface area contributed by atoms with Crippen LogP contribution >= 0.6 is 0 Å². The third-order valence-corrected chi connectivity index (χ3v) is 1.84. The Morgan fingerprint density at radius 3 is 3.33 bits per heavy atom. The van der Waals surface area contributed by atoms with E-state index in [0.717, 1.165) is 16.4 Å². The van der Waals surface area contributed by atoms with Crippen molar-refractivity contribution in [3.8, 4) is 0 Å². The highest BCUT2D eigenvalue weighted by atomic mass is 16.5. The molecule has 0 fully saturated rings.